The molecule has 0 radical (unpaired) electrons. The average molecular weight is 1040 g/mol. The molecule has 3 rings (SSSR count). The van der Waals surface area contributed by atoms with Gasteiger partial charge in [0.2, 0.25) is 47.3 Å². The first-order valence-electron chi connectivity index (χ1n) is 24.8. The predicted octanol–water partition coefficient (Wildman–Crippen LogP) is 0.130. The van der Waals surface area contributed by atoms with Crippen LogP contribution in [0.1, 0.15) is 104 Å². The normalized spacial score (nSPS) is 16.4. The molecule has 12 N–H and O–H groups in total. The lowest BCUT2D eigenvalue weighted by Gasteiger charge is -2.31. The molecule has 1 aliphatic rings. The minimum absolute atomic E-state index is 0.0388. The first-order valence-corrected chi connectivity index (χ1v) is 24.8. The Hall–Kier alpha value is -7.43. The van der Waals surface area contributed by atoms with Crippen molar-refractivity contribution in [3.05, 3.63) is 71.8 Å². The van der Waals surface area contributed by atoms with E-state index in [-0.39, 0.29) is 50.5 Å². The van der Waals surface area contributed by atoms with Crippen LogP contribution in [-0.2, 0) is 65.6 Å². The van der Waals surface area contributed by atoms with Crippen molar-refractivity contribution < 1.29 is 68.1 Å². The molecule has 1 fully saturated rings. The van der Waals surface area contributed by atoms with E-state index in [1.165, 1.54) is 18.7 Å². The molecule has 23 heteroatoms. The number of hydrogen-bond donors (Lipinski definition) is 11. The number of aliphatic carboxylic acids is 3. The maximum absolute atomic E-state index is 14.5. The summed E-state index contributed by atoms with van der Waals surface area (Å²) in [5.74, 6) is -10.5. The van der Waals surface area contributed by atoms with Crippen LogP contribution in [0.4, 0.5) is 0 Å². The van der Waals surface area contributed by atoms with Gasteiger partial charge in [-0.3, -0.25) is 47.9 Å². The van der Waals surface area contributed by atoms with E-state index in [4.69, 9.17) is 5.73 Å². The van der Waals surface area contributed by atoms with Crippen LogP contribution in [0.15, 0.2) is 60.7 Å². The second kappa shape index (κ2) is 29.9. The lowest BCUT2D eigenvalue weighted by molar-refractivity contribution is -0.143. The lowest BCUT2D eigenvalue weighted by atomic mass is 10.0. The maximum Gasteiger partial charge on any atom is 0.326 e. The van der Waals surface area contributed by atoms with E-state index in [0.29, 0.717) is 24.0 Å². The van der Waals surface area contributed by atoms with Crippen LogP contribution in [0.5, 0.6) is 0 Å². The first kappa shape index (κ1) is 60.9. The lowest BCUT2D eigenvalue weighted by Crippen LogP contribution is -2.60. The molecule has 74 heavy (non-hydrogen) atoms. The summed E-state index contributed by atoms with van der Waals surface area (Å²) in [6.45, 7) is 10.0. The summed E-state index contributed by atoms with van der Waals surface area (Å²) in [6, 6.07) is 5.46. The zero-order chi connectivity index (χ0) is 55.2. The summed E-state index contributed by atoms with van der Waals surface area (Å²) in [5.41, 5.74) is 7.16. The Balaban J connectivity index is 1.80. The van der Waals surface area contributed by atoms with Gasteiger partial charge in [-0.1, -0.05) is 88.4 Å². The van der Waals surface area contributed by atoms with E-state index in [2.05, 4.69) is 37.2 Å². The Morgan fingerprint density at radius 2 is 0.946 bits per heavy atom. The van der Waals surface area contributed by atoms with Crippen LogP contribution in [-0.4, -0.2) is 146 Å². The highest BCUT2D eigenvalue weighted by molar-refractivity contribution is 5.98. The number of amides is 8. The van der Waals surface area contributed by atoms with Crippen molar-refractivity contribution in [2.45, 2.75) is 160 Å². The quantitative estimate of drug-likeness (QED) is 0.0496. The number of carboxylic acid groups (broad SMARTS) is 3. The summed E-state index contributed by atoms with van der Waals surface area (Å²) >= 11 is 0. The van der Waals surface area contributed by atoms with Crippen LogP contribution < -0.4 is 43.0 Å². The number of nitrogens with two attached hydrogens (primary N) is 1. The monoisotopic (exact) mass is 1040 g/mol. The highest BCUT2D eigenvalue weighted by Crippen LogP contribution is 2.21. The van der Waals surface area contributed by atoms with E-state index in [9.17, 15) is 68.1 Å². The number of carbonyl (C=O) groups is 11. The number of carbonyl (C=O) groups excluding carboxylic acids is 8. The highest BCUT2D eigenvalue weighted by atomic mass is 16.4. The summed E-state index contributed by atoms with van der Waals surface area (Å²) < 4.78 is 0. The zero-order valence-electron chi connectivity index (χ0n) is 42.8. The third-order valence-corrected chi connectivity index (χ3v) is 12.1. The molecule has 23 nitrogen and oxygen atoms in total. The van der Waals surface area contributed by atoms with E-state index in [1.807, 2.05) is 13.8 Å². The van der Waals surface area contributed by atoms with E-state index < -0.39 is 139 Å². The fourth-order valence-corrected chi connectivity index (χ4v) is 8.17. The minimum Gasteiger partial charge on any atom is -0.481 e. The molecular formula is C51H73N9O14. The van der Waals surface area contributed by atoms with Crippen molar-refractivity contribution >= 4 is 65.2 Å². The van der Waals surface area contributed by atoms with Crippen molar-refractivity contribution in [1.82, 2.24) is 42.1 Å². The molecule has 2 aromatic rings. The maximum atomic E-state index is 14.5. The number of nitrogens with one attached hydrogen (secondary N) is 7. The van der Waals surface area contributed by atoms with Gasteiger partial charge in [0.1, 0.15) is 48.3 Å². The Morgan fingerprint density at radius 3 is 1.42 bits per heavy atom. The van der Waals surface area contributed by atoms with Crippen LogP contribution in [0, 0.1) is 11.8 Å². The number of benzene rings is 2. The third-order valence-electron chi connectivity index (χ3n) is 12.1. The molecule has 9 atom stereocenters. The molecule has 1 aliphatic heterocycles. The van der Waals surface area contributed by atoms with Gasteiger partial charge in [0, 0.05) is 32.2 Å². The number of carboxylic acids is 3. The minimum atomic E-state index is -1.52. The van der Waals surface area contributed by atoms with Gasteiger partial charge >= 0.3 is 17.9 Å². The van der Waals surface area contributed by atoms with E-state index in [1.54, 1.807) is 74.5 Å². The molecule has 0 saturated carbocycles. The summed E-state index contributed by atoms with van der Waals surface area (Å²) in [6.07, 6.45) is -1.19. The summed E-state index contributed by atoms with van der Waals surface area (Å²) in [5, 5.41) is 46.4. The molecule has 0 spiro atoms. The Kier molecular flexibility index (Phi) is 24.6. The SMILES string of the molecule is CC(C)C[C@H](NC(=O)[C@@H]1CCCN1C(=O)[C@H](Cc1ccccc1)NC(=O)[C@H](C)NC(=O)[C@H](CCC(=O)O)NC(=O)[C@H](C)NC(=O)[C@@H](N)CC(C)C)C(=O)N[C@@H](CCC(=O)O)C(=O)N[C@@H](Cc1ccccc1)C(=O)O. The molecule has 1 saturated heterocycles. The average Bonchev–Trinajstić information content (AvgIpc) is 3.83. The molecule has 406 valence electrons. The van der Waals surface area contributed by atoms with E-state index >= 15 is 0 Å². The number of likely N-dealkylation sites (tertiary alicyclic amines) is 1. The smallest absolute Gasteiger partial charge is 0.326 e. The van der Waals surface area contributed by atoms with Gasteiger partial charge in [-0.25, -0.2) is 4.79 Å². The second-order valence-electron chi connectivity index (χ2n) is 19.4. The summed E-state index contributed by atoms with van der Waals surface area (Å²) in [4.78, 5) is 146. The highest BCUT2D eigenvalue weighted by Gasteiger charge is 2.40. The molecule has 1 heterocycles. The number of hydrogen-bond acceptors (Lipinski definition) is 12. The second-order valence-corrected chi connectivity index (χ2v) is 19.4. The van der Waals surface area contributed by atoms with Crippen LogP contribution >= 0.6 is 0 Å². The molecule has 0 aliphatic carbocycles. The summed E-state index contributed by atoms with van der Waals surface area (Å²) in [7, 11) is 0. The van der Waals surface area contributed by atoms with Crippen LogP contribution in [0.3, 0.4) is 0 Å². The van der Waals surface area contributed by atoms with Gasteiger partial charge in [0.15, 0.2) is 0 Å². The van der Waals surface area contributed by atoms with Crippen molar-refractivity contribution in [2.75, 3.05) is 6.54 Å². The topological polar surface area (TPSA) is 362 Å². The molecule has 0 aromatic heterocycles. The van der Waals surface area contributed by atoms with Gasteiger partial charge in [0.05, 0.1) is 6.04 Å². The van der Waals surface area contributed by atoms with E-state index in [0.717, 1.165) is 0 Å². The van der Waals surface area contributed by atoms with Gasteiger partial charge < -0.3 is 63.2 Å². The standard InChI is InChI=1S/C51H73N9O14/c1-28(2)24-34(52)45(67)53-30(5)43(65)55-35(19-21-41(61)62)46(68)54-31(6)44(66)58-38(26-32-14-9-7-10-15-32)50(72)60-23-13-18-40(60)49(71)57-37(25-29(3)4)48(70)56-36(20-22-42(63)64)47(69)59-39(51(73)74)27-33-16-11-8-12-17-33/h7-12,14-17,28-31,34-40H,13,18-27,52H2,1-6H3,(H,53,67)(H,54,68)(H,55,65)(H,56,70)(H,57,71)(H,58,66)(H,59,69)(H,61,62)(H,63,64)(H,73,74)/t30-,31-,34-,35-,36-,37-,38-,39-,40-/m0/s1. The molecular weight excluding hydrogens is 963 g/mol. The molecule has 0 bridgehead atoms. The van der Waals surface area contributed by atoms with Crippen molar-refractivity contribution in [3.8, 4) is 0 Å². The Bertz CT molecular complexity index is 2280. The van der Waals surface area contributed by atoms with Crippen molar-refractivity contribution in [3.63, 3.8) is 0 Å². The zero-order valence-corrected chi connectivity index (χ0v) is 42.8. The fourth-order valence-electron chi connectivity index (χ4n) is 8.17. The van der Waals surface area contributed by atoms with Gasteiger partial charge in [-0.2, -0.15) is 0 Å². The molecule has 2 aromatic carbocycles. The Labute approximate surface area is 430 Å². The molecule has 0 unspecified atom stereocenters. The van der Waals surface area contributed by atoms with Crippen molar-refractivity contribution in [2.24, 2.45) is 17.6 Å². The fraction of sp³-hybridized carbons (Fsp3) is 0.549. The van der Waals surface area contributed by atoms with Gasteiger partial charge in [0.25, 0.3) is 0 Å². The number of rotatable bonds is 30. The number of nitrogens with zero attached hydrogens (tertiary/aromatic N) is 1. The predicted molar refractivity (Wildman–Crippen MR) is 268 cm³/mol. The molecule has 8 amide bonds. The van der Waals surface area contributed by atoms with Gasteiger partial charge in [-0.05, 0) is 75.3 Å². The third kappa shape index (κ3) is 20.6. The van der Waals surface area contributed by atoms with Crippen molar-refractivity contribution in [1.29, 1.82) is 0 Å². The van der Waals surface area contributed by atoms with Crippen LogP contribution in [0.25, 0.3) is 0 Å². The van der Waals surface area contributed by atoms with Crippen LogP contribution in [0.2, 0.25) is 0 Å². The largest absolute Gasteiger partial charge is 0.481 e. The van der Waals surface area contributed by atoms with Gasteiger partial charge in [-0.15, -0.1) is 0 Å². The Morgan fingerprint density at radius 1 is 0.527 bits per heavy atom. The first-order chi connectivity index (χ1) is 34.9.